The topological polar surface area (TPSA) is 101 Å². The minimum absolute atomic E-state index is 0.0564. The van der Waals surface area contributed by atoms with Gasteiger partial charge in [0.2, 0.25) is 5.91 Å². The number of primary amides is 1. The molecule has 1 aliphatic heterocycles. The molecule has 30 heavy (non-hydrogen) atoms. The summed E-state index contributed by atoms with van der Waals surface area (Å²) >= 11 is 2.13. The SMILES string of the molecule is Cc1nc(NC(=O)N2CCC[C@@]2(C)C(N)=O)sc1-c1csc(C2(C(F)(F)F)CC2)n1. The Kier molecular flexibility index (Phi) is 4.84. The molecule has 2 fully saturated rings. The summed E-state index contributed by atoms with van der Waals surface area (Å²) in [6.07, 6.45) is -3.05. The van der Waals surface area contributed by atoms with Crippen molar-refractivity contribution in [1.29, 1.82) is 0 Å². The van der Waals surface area contributed by atoms with E-state index in [0.717, 1.165) is 22.7 Å². The molecule has 3 heterocycles. The summed E-state index contributed by atoms with van der Waals surface area (Å²) in [5.74, 6) is -0.570. The van der Waals surface area contributed by atoms with Gasteiger partial charge in [0.05, 0.1) is 16.3 Å². The van der Waals surface area contributed by atoms with E-state index in [1.54, 1.807) is 19.2 Å². The van der Waals surface area contributed by atoms with Gasteiger partial charge in [0.15, 0.2) is 5.13 Å². The highest BCUT2D eigenvalue weighted by Crippen LogP contribution is 2.59. The van der Waals surface area contributed by atoms with E-state index in [-0.39, 0.29) is 23.0 Å². The maximum Gasteiger partial charge on any atom is 0.400 e. The summed E-state index contributed by atoms with van der Waals surface area (Å²) in [6.45, 7) is 3.74. The highest BCUT2D eigenvalue weighted by molar-refractivity contribution is 7.19. The normalized spacial score (nSPS) is 22.9. The summed E-state index contributed by atoms with van der Waals surface area (Å²) < 4.78 is 40.1. The minimum atomic E-state index is -4.31. The number of nitrogens with two attached hydrogens (primary N) is 1. The number of alkyl halides is 3. The second kappa shape index (κ2) is 6.91. The van der Waals surface area contributed by atoms with Gasteiger partial charge in [0.25, 0.3) is 0 Å². The predicted octanol–water partition coefficient (Wildman–Crippen LogP) is 4.04. The monoisotopic (exact) mass is 459 g/mol. The highest BCUT2D eigenvalue weighted by Gasteiger charge is 2.66. The zero-order chi connectivity index (χ0) is 21.9. The molecule has 7 nitrogen and oxygen atoms in total. The van der Waals surface area contributed by atoms with Crippen LogP contribution in [0.1, 0.15) is 43.3 Å². The first-order valence-electron chi connectivity index (χ1n) is 9.37. The molecule has 2 aromatic heterocycles. The lowest BCUT2D eigenvalue weighted by Gasteiger charge is -2.31. The van der Waals surface area contributed by atoms with E-state index in [1.165, 1.54) is 4.90 Å². The average molecular weight is 460 g/mol. The fourth-order valence-corrected chi connectivity index (χ4v) is 5.81. The third kappa shape index (κ3) is 3.25. The number of carbonyl (C=O) groups is 2. The number of halogens is 3. The van der Waals surface area contributed by atoms with E-state index in [0.29, 0.717) is 35.7 Å². The number of aryl methyl sites for hydroxylation is 1. The van der Waals surface area contributed by atoms with Gasteiger partial charge in [-0.15, -0.1) is 11.3 Å². The van der Waals surface area contributed by atoms with Gasteiger partial charge >= 0.3 is 12.2 Å². The Labute approximate surface area is 178 Å². The van der Waals surface area contributed by atoms with Crippen LogP contribution < -0.4 is 11.1 Å². The molecule has 12 heteroatoms. The number of nitrogens with zero attached hydrogens (tertiary/aromatic N) is 3. The Bertz CT molecular complexity index is 1010. The van der Waals surface area contributed by atoms with Gasteiger partial charge in [-0.25, -0.2) is 14.8 Å². The van der Waals surface area contributed by atoms with Crippen LogP contribution in [0, 0.1) is 6.92 Å². The minimum Gasteiger partial charge on any atom is -0.368 e. The van der Waals surface area contributed by atoms with Crippen LogP contribution in [0.25, 0.3) is 10.6 Å². The number of hydrogen-bond donors (Lipinski definition) is 2. The summed E-state index contributed by atoms with van der Waals surface area (Å²) in [5, 5.41) is 4.63. The molecule has 1 aliphatic carbocycles. The predicted molar refractivity (Wildman–Crippen MR) is 107 cm³/mol. The number of thiazole rings is 2. The third-order valence-corrected chi connectivity index (χ3v) is 8.01. The van der Waals surface area contributed by atoms with E-state index in [9.17, 15) is 22.8 Å². The second-order valence-corrected chi connectivity index (χ2v) is 9.73. The van der Waals surface area contributed by atoms with Crippen LogP contribution in [0.3, 0.4) is 0 Å². The highest BCUT2D eigenvalue weighted by atomic mass is 32.1. The standard InChI is InChI=1S/C18H20F3N5O2S2/c1-9-11(10-8-29-13(24-10)17(5-6-17)18(19,20)21)30-14(23-9)25-15(28)26-7-3-4-16(26,2)12(22)27/h8H,3-7H2,1-2H3,(H2,22,27)(H,23,25,28)/t16-/m0/s1. The number of likely N-dealkylation sites (tertiary alicyclic amines) is 1. The Balaban J connectivity index is 1.54. The number of hydrogen-bond acceptors (Lipinski definition) is 6. The lowest BCUT2D eigenvalue weighted by molar-refractivity contribution is -0.160. The zero-order valence-electron chi connectivity index (χ0n) is 16.3. The molecule has 4 rings (SSSR count). The summed E-state index contributed by atoms with van der Waals surface area (Å²) in [6, 6.07) is -0.484. The average Bonchev–Trinajstić information content (AvgIpc) is 2.98. The van der Waals surface area contributed by atoms with E-state index in [1.807, 2.05) is 0 Å². The molecule has 0 aromatic carbocycles. The maximum atomic E-state index is 13.4. The van der Waals surface area contributed by atoms with Crippen molar-refractivity contribution in [3.05, 3.63) is 16.1 Å². The molecule has 0 radical (unpaired) electrons. The van der Waals surface area contributed by atoms with E-state index in [2.05, 4.69) is 15.3 Å². The molecule has 1 saturated heterocycles. The van der Waals surface area contributed by atoms with Crippen LogP contribution in [-0.4, -0.2) is 45.1 Å². The number of aromatic nitrogens is 2. The molecule has 3 N–H and O–H groups in total. The first-order chi connectivity index (χ1) is 14.0. The van der Waals surface area contributed by atoms with Gasteiger partial charge in [0, 0.05) is 11.9 Å². The quantitative estimate of drug-likeness (QED) is 0.721. The molecule has 2 aliphatic rings. The lowest BCUT2D eigenvalue weighted by Crippen LogP contribution is -2.55. The van der Waals surface area contributed by atoms with Crippen molar-refractivity contribution in [3.63, 3.8) is 0 Å². The Morgan fingerprint density at radius 2 is 1.97 bits per heavy atom. The number of nitrogens with one attached hydrogen (secondary N) is 1. The number of carbonyl (C=O) groups excluding carboxylic acids is 2. The van der Waals surface area contributed by atoms with E-state index >= 15 is 0 Å². The molecule has 162 valence electrons. The summed E-state index contributed by atoms with van der Waals surface area (Å²) in [7, 11) is 0. The van der Waals surface area contributed by atoms with Crippen molar-refractivity contribution in [2.45, 2.75) is 56.7 Å². The largest absolute Gasteiger partial charge is 0.400 e. The van der Waals surface area contributed by atoms with Crippen LogP contribution in [0.5, 0.6) is 0 Å². The molecule has 3 amide bonds. The van der Waals surface area contributed by atoms with Gasteiger partial charge in [-0.2, -0.15) is 13.2 Å². The smallest absolute Gasteiger partial charge is 0.368 e. The first-order valence-corrected chi connectivity index (χ1v) is 11.1. The number of rotatable bonds is 4. The first kappa shape index (κ1) is 21.0. The van der Waals surface area contributed by atoms with Crippen LogP contribution in [-0.2, 0) is 10.2 Å². The molecule has 0 spiro atoms. The Hall–Kier alpha value is -2.21. The Morgan fingerprint density at radius 1 is 1.27 bits per heavy atom. The maximum absolute atomic E-state index is 13.4. The van der Waals surface area contributed by atoms with Gasteiger partial charge in [-0.1, -0.05) is 11.3 Å². The van der Waals surface area contributed by atoms with Crippen LogP contribution in [0.4, 0.5) is 23.1 Å². The van der Waals surface area contributed by atoms with Crippen molar-refractivity contribution in [3.8, 4) is 10.6 Å². The van der Waals surface area contributed by atoms with Gasteiger partial charge in [-0.05, 0) is 39.5 Å². The fourth-order valence-electron chi connectivity index (χ4n) is 3.73. The summed E-state index contributed by atoms with van der Waals surface area (Å²) in [4.78, 5) is 35.0. The molecule has 0 bridgehead atoms. The fraction of sp³-hybridized carbons (Fsp3) is 0.556. The van der Waals surface area contributed by atoms with Crippen LogP contribution in [0.15, 0.2) is 5.38 Å². The lowest BCUT2D eigenvalue weighted by atomic mass is 9.98. The van der Waals surface area contributed by atoms with Crippen molar-refractivity contribution in [2.75, 3.05) is 11.9 Å². The third-order valence-electron chi connectivity index (χ3n) is 5.87. The molecule has 1 atom stereocenters. The molecule has 0 unspecified atom stereocenters. The van der Waals surface area contributed by atoms with Gasteiger partial charge in [0.1, 0.15) is 16.0 Å². The van der Waals surface area contributed by atoms with Gasteiger partial charge < -0.3 is 10.6 Å². The van der Waals surface area contributed by atoms with Crippen molar-refractivity contribution < 1.29 is 22.8 Å². The Morgan fingerprint density at radius 3 is 2.57 bits per heavy atom. The molecular formula is C18H20F3N5O2S2. The second-order valence-electron chi connectivity index (χ2n) is 7.87. The zero-order valence-corrected chi connectivity index (χ0v) is 17.9. The van der Waals surface area contributed by atoms with Crippen LogP contribution >= 0.6 is 22.7 Å². The molecular weight excluding hydrogens is 439 g/mol. The van der Waals surface area contributed by atoms with E-state index < -0.39 is 29.1 Å². The van der Waals surface area contributed by atoms with Crippen LogP contribution in [0.2, 0.25) is 0 Å². The molecule has 1 saturated carbocycles. The molecule has 2 aromatic rings. The van der Waals surface area contributed by atoms with E-state index in [4.69, 9.17) is 5.73 Å². The van der Waals surface area contributed by atoms with Crippen molar-refractivity contribution in [1.82, 2.24) is 14.9 Å². The number of anilines is 1. The summed E-state index contributed by atoms with van der Waals surface area (Å²) in [5.41, 5.74) is 3.57. The van der Waals surface area contributed by atoms with Crippen molar-refractivity contribution in [2.24, 2.45) is 5.73 Å². The van der Waals surface area contributed by atoms with Gasteiger partial charge in [-0.3, -0.25) is 10.1 Å². The van der Waals surface area contributed by atoms with Crippen molar-refractivity contribution >= 4 is 39.7 Å². The number of urea groups is 1. The number of amides is 3.